The Labute approximate surface area is 195 Å². The van der Waals surface area contributed by atoms with Gasteiger partial charge >= 0.3 is 0 Å². The van der Waals surface area contributed by atoms with Gasteiger partial charge in [-0.1, -0.05) is 56.3 Å². The fraction of sp³-hybridized carbons (Fsp3) is 0.333. The Morgan fingerprint density at radius 3 is 2.53 bits per heavy atom. The number of aryl methyl sites for hydroxylation is 1. The Morgan fingerprint density at radius 2 is 1.78 bits per heavy atom. The first-order chi connectivity index (χ1) is 15.6. The zero-order valence-electron chi connectivity index (χ0n) is 18.8. The van der Waals surface area contributed by atoms with E-state index in [1.807, 2.05) is 30.3 Å². The molecule has 0 aromatic heterocycles. The van der Waals surface area contributed by atoms with Gasteiger partial charge in [-0.15, -0.1) is 0 Å². The second-order valence-electron chi connectivity index (χ2n) is 8.61. The number of aliphatic hydroxyl groups excluding tert-OH is 1. The molecule has 2 unspecified atom stereocenters. The normalized spacial score (nSPS) is 16.3. The lowest BCUT2D eigenvalue weighted by molar-refractivity contribution is 0.146. The van der Waals surface area contributed by atoms with Gasteiger partial charge < -0.3 is 19.9 Å². The quantitative estimate of drug-likeness (QED) is 0.353. The number of aliphatic hydroxyl groups is 1. The average molecular weight is 449 g/mol. The van der Waals surface area contributed by atoms with Crippen LogP contribution in [0.2, 0.25) is 0 Å². The number of ether oxygens (including phenoxy) is 1. The number of rotatable bonds is 9. The summed E-state index contributed by atoms with van der Waals surface area (Å²) >= 11 is 1.63. The van der Waals surface area contributed by atoms with Gasteiger partial charge in [-0.2, -0.15) is 0 Å². The van der Waals surface area contributed by atoms with Crippen molar-refractivity contribution in [1.82, 2.24) is 5.32 Å². The first kappa shape index (κ1) is 22.7. The largest absolute Gasteiger partial charge is 0.489 e. The molecule has 0 bridgehead atoms. The van der Waals surface area contributed by atoms with Crippen LogP contribution in [-0.4, -0.2) is 24.3 Å². The van der Waals surface area contributed by atoms with Crippen molar-refractivity contribution in [3.05, 3.63) is 89.5 Å². The summed E-state index contributed by atoms with van der Waals surface area (Å²) in [5.74, 6) is 1.52. The topological polar surface area (TPSA) is 53.5 Å². The van der Waals surface area contributed by atoms with Crippen LogP contribution in [0.3, 0.4) is 0 Å². The molecule has 0 spiro atoms. The van der Waals surface area contributed by atoms with E-state index in [2.05, 4.69) is 66.4 Å². The van der Waals surface area contributed by atoms with E-state index in [0.29, 0.717) is 12.5 Å². The number of benzene rings is 3. The zero-order chi connectivity index (χ0) is 22.3. The molecule has 3 aromatic rings. The Morgan fingerprint density at radius 1 is 1.00 bits per heavy atom. The molecule has 5 heteroatoms. The van der Waals surface area contributed by atoms with Crippen molar-refractivity contribution in [3.8, 4) is 5.75 Å². The van der Waals surface area contributed by atoms with Crippen LogP contribution in [0.1, 0.15) is 49.0 Å². The molecule has 0 saturated heterocycles. The number of nitrogens with one attached hydrogen (secondary N) is 2. The number of hydrogen-bond acceptors (Lipinski definition) is 5. The third-order valence-corrected chi connectivity index (χ3v) is 6.65. The minimum Gasteiger partial charge on any atom is -0.489 e. The van der Waals surface area contributed by atoms with Crippen LogP contribution in [0.25, 0.3) is 0 Å². The minimum atomic E-state index is -0.499. The highest BCUT2D eigenvalue weighted by atomic mass is 32.2. The molecule has 1 heterocycles. The summed E-state index contributed by atoms with van der Waals surface area (Å²) in [5, 5.41) is 13.7. The summed E-state index contributed by atoms with van der Waals surface area (Å²) in [4.78, 5) is 1.18. The van der Waals surface area contributed by atoms with Gasteiger partial charge in [0.25, 0.3) is 0 Å². The van der Waals surface area contributed by atoms with Gasteiger partial charge in [0.2, 0.25) is 0 Å². The van der Waals surface area contributed by atoms with Crippen LogP contribution >= 0.6 is 11.9 Å². The van der Waals surface area contributed by atoms with Gasteiger partial charge in [0.05, 0.1) is 6.10 Å². The van der Waals surface area contributed by atoms with Crippen molar-refractivity contribution < 1.29 is 9.84 Å². The second kappa shape index (κ2) is 10.9. The maximum absolute atomic E-state index is 10.3. The van der Waals surface area contributed by atoms with E-state index in [1.165, 1.54) is 16.0 Å². The van der Waals surface area contributed by atoms with Gasteiger partial charge in [-0.25, -0.2) is 0 Å². The van der Waals surface area contributed by atoms with Gasteiger partial charge in [-0.3, -0.25) is 0 Å². The third kappa shape index (κ3) is 6.06. The van der Waals surface area contributed by atoms with Crippen molar-refractivity contribution >= 4 is 17.6 Å². The Bertz CT molecular complexity index is 992. The standard InChI is InChI=1S/C27H32N2O2S/c1-19(2)20-8-11-23(12-9-20)29-32-25-14-15-27-22(16-25)10-13-24(31-27)17-28-18-26(30)21-6-4-3-5-7-21/h3-9,11-12,14-16,19,24,26,28-30H,10,13,17-18H2,1-2H3. The molecule has 0 amide bonds. The van der Waals surface area contributed by atoms with Gasteiger partial charge in [0, 0.05) is 23.7 Å². The molecule has 1 aliphatic rings. The van der Waals surface area contributed by atoms with E-state index in [1.54, 1.807) is 11.9 Å². The van der Waals surface area contributed by atoms with Crippen molar-refractivity contribution in [1.29, 1.82) is 0 Å². The number of hydrogen-bond donors (Lipinski definition) is 3. The van der Waals surface area contributed by atoms with Crippen LogP contribution in [0.5, 0.6) is 5.75 Å². The van der Waals surface area contributed by atoms with Crippen molar-refractivity contribution in [2.45, 2.75) is 49.7 Å². The van der Waals surface area contributed by atoms with Crippen LogP contribution in [0.4, 0.5) is 5.69 Å². The van der Waals surface area contributed by atoms with Crippen LogP contribution in [0, 0.1) is 0 Å². The highest BCUT2D eigenvalue weighted by Gasteiger charge is 2.20. The molecule has 0 saturated carbocycles. The molecular formula is C27H32N2O2S. The zero-order valence-corrected chi connectivity index (χ0v) is 19.6. The Kier molecular flexibility index (Phi) is 7.74. The highest BCUT2D eigenvalue weighted by molar-refractivity contribution is 8.00. The lowest BCUT2D eigenvalue weighted by atomic mass is 10.0. The summed E-state index contributed by atoms with van der Waals surface area (Å²) in [6.07, 6.45) is 1.60. The Balaban J connectivity index is 1.25. The molecule has 3 N–H and O–H groups in total. The monoisotopic (exact) mass is 448 g/mol. The molecular weight excluding hydrogens is 416 g/mol. The third-order valence-electron chi connectivity index (χ3n) is 5.82. The Hall–Kier alpha value is -2.47. The molecule has 4 rings (SSSR count). The second-order valence-corrected chi connectivity index (χ2v) is 9.49. The molecule has 2 atom stereocenters. The fourth-order valence-corrected chi connectivity index (χ4v) is 4.57. The van der Waals surface area contributed by atoms with Crippen molar-refractivity contribution in [2.75, 3.05) is 17.8 Å². The molecule has 1 aliphatic heterocycles. The molecule has 0 aliphatic carbocycles. The van der Waals surface area contributed by atoms with E-state index in [0.717, 1.165) is 36.4 Å². The SMILES string of the molecule is CC(C)c1ccc(NSc2ccc3c(c2)CCC(CNCC(O)c2ccccc2)O3)cc1. The number of anilines is 1. The predicted octanol–water partition coefficient (Wildman–Crippen LogP) is 5.95. The number of fused-ring (bicyclic) bond motifs is 1. The van der Waals surface area contributed by atoms with Gasteiger partial charge in [-0.05, 0) is 77.7 Å². The van der Waals surface area contributed by atoms with E-state index in [-0.39, 0.29) is 6.10 Å². The predicted molar refractivity (Wildman–Crippen MR) is 133 cm³/mol. The minimum absolute atomic E-state index is 0.126. The summed E-state index contributed by atoms with van der Waals surface area (Å²) < 4.78 is 9.64. The fourth-order valence-electron chi connectivity index (χ4n) is 3.86. The smallest absolute Gasteiger partial charge is 0.123 e. The van der Waals surface area contributed by atoms with Gasteiger partial charge in [0.15, 0.2) is 0 Å². The molecule has 4 nitrogen and oxygen atoms in total. The van der Waals surface area contributed by atoms with Crippen molar-refractivity contribution in [3.63, 3.8) is 0 Å². The van der Waals surface area contributed by atoms with Crippen LogP contribution < -0.4 is 14.8 Å². The lowest BCUT2D eigenvalue weighted by Gasteiger charge is -2.27. The van der Waals surface area contributed by atoms with Crippen LogP contribution in [0.15, 0.2) is 77.7 Å². The summed E-state index contributed by atoms with van der Waals surface area (Å²) in [5.41, 5.74) is 4.65. The molecule has 32 heavy (non-hydrogen) atoms. The molecule has 168 valence electrons. The van der Waals surface area contributed by atoms with E-state index in [9.17, 15) is 5.11 Å². The summed E-state index contributed by atoms with van der Waals surface area (Å²) in [6, 6.07) is 24.8. The first-order valence-corrected chi connectivity index (χ1v) is 12.2. The first-order valence-electron chi connectivity index (χ1n) is 11.3. The summed E-state index contributed by atoms with van der Waals surface area (Å²) in [7, 11) is 0. The van der Waals surface area contributed by atoms with Crippen molar-refractivity contribution in [2.24, 2.45) is 0 Å². The van der Waals surface area contributed by atoms with Crippen LogP contribution in [-0.2, 0) is 6.42 Å². The van der Waals surface area contributed by atoms with E-state index >= 15 is 0 Å². The molecule has 0 radical (unpaired) electrons. The van der Waals surface area contributed by atoms with E-state index < -0.39 is 6.10 Å². The summed E-state index contributed by atoms with van der Waals surface area (Å²) in [6.45, 7) is 5.67. The lowest BCUT2D eigenvalue weighted by Crippen LogP contribution is -2.36. The highest BCUT2D eigenvalue weighted by Crippen LogP contribution is 2.32. The molecule has 0 fully saturated rings. The maximum atomic E-state index is 10.3. The average Bonchev–Trinajstić information content (AvgIpc) is 2.83. The van der Waals surface area contributed by atoms with Gasteiger partial charge in [0.1, 0.15) is 11.9 Å². The molecule has 3 aromatic carbocycles. The maximum Gasteiger partial charge on any atom is 0.123 e. The van der Waals surface area contributed by atoms with E-state index in [4.69, 9.17) is 4.74 Å².